The fourth-order valence-corrected chi connectivity index (χ4v) is 9.21. The molecule has 1 unspecified atom stereocenters. The summed E-state index contributed by atoms with van der Waals surface area (Å²) in [5, 5.41) is 21.7. The maximum Gasteiger partial charge on any atom is 0.329 e. The molecule has 306 valence electrons. The van der Waals surface area contributed by atoms with Gasteiger partial charge in [-0.2, -0.15) is 5.10 Å². The number of para-hydroxylation sites is 1. The third-order valence-electron chi connectivity index (χ3n) is 12.2. The number of imide groups is 1. The van der Waals surface area contributed by atoms with Crippen LogP contribution in [0.2, 0.25) is 0 Å². The van der Waals surface area contributed by atoms with Crippen LogP contribution in [0.3, 0.4) is 0 Å². The second-order valence-electron chi connectivity index (χ2n) is 16.6. The number of aryl methyl sites for hydroxylation is 1. The average molecular weight is 801 g/mol. The highest BCUT2D eigenvalue weighted by Crippen LogP contribution is 2.39. The Balaban J connectivity index is 0.911. The topological polar surface area (TPSA) is 156 Å². The summed E-state index contributed by atoms with van der Waals surface area (Å²) in [5.41, 5.74) is 0.962. The number of halogens is 3. The number of anilines is 1. The number of piperidine rings is 2. The number of likely N-dealkylation sites (tertiary alicyclic amines) is 1. The Labute approximate surface area is 332 Å². The summed E-state index contributed by atoms with van der Waals surface area (Å²) in [5.74, 6) is -1.56. The van der Waals surface area contributed by atoms with Gasteiger partial charge in [-0.25, -0.2) is 22.9 Å². The molecule has 3 fully saturated rings. The van der Waals surface area contributed by atoms with Gasteiger partial charge in [-0.3, -0.25) is 33.5 Å². The van der Waals surface area contributed by atoms with Gasteiger partial charge in [0.15, 0.2) is 0 Å². The number of alkyl halides is 3. The van der Waals surface area contributed by atoms with Crippen LogP contribution in [0.4, 0.5) is 18.9 Å². The number of amides is 3. The maximum atomic E-state index is 16.2. The molecule has 2 saturated heterocycles. The Bertz CT molecular complexity index is 2460. The van der Waals surface area contributed by atoms with Gasteiger partial charge in [0.05, 0.1) is 28.2 Å². The molecule has 16 heteroatoms. The van der Waals surface area contributed by atoms with Crippen molar-refractivity contribution in [3.63, 3.8) is 0 Å². The van der Waals surface area contributed by atoms with Gasteiger partial charge < -0.3 is 15.3 Å². The van der Waals surface area contributed by atoms with Gasteiger partial charge in [0, 0.05) is 55.3 Å². The Morgan fingerprint density at radius 3 is 2.50 bits per heavy atom. The van der Waals surface area contributed by atoms with Crippen LogP contribution in [0.15, 0.2) is 59.5 Å². The van der Waals surface area contributed by atoms with E-state index in [0.29, 0.717) is 46.7 Å². The number of aromatic nitrogens is 5. The molecule has 0 bridgehead atoms. The monoisotopic (exact) mass is 800 g/mol. The van der Waals surface area contributed by atoms with Gasteiger partial charge in [-0.05, 0) is 101 Å². The van der Waals surface area contributed by atoms with Crippen LogP contribution in [-0.4, -0.2) is 77.4 Å². The van der Waals surface area contributed by atoms with E-state index < -0.39 is 47.7 Å². The largest absolute Gasteiger partial charge is 0.386 e. The van der Waals surface area contributed by atoms with Crippen LogP contribution < -0.4 is 16.3 Å². The van der Waals surface area contributed by atoms with E-state index in [0.717, 1.165) is 49.2 Å². The van der Waals surface area contributed by atoms with Crippen molar-refractivity contribution in [3.8, 4) is 0 Å². The number of carbonyl (C=O) groups excluding carboxylic acids is 3. The number of aliphatic hydroxyl groups is 1. The van der Waals surface area contributed by atoms with Crippen molar-refractivity contribution in [2.24, 2.45) is 13.0 Å². The molecule has 3 amide bonds. The molecular weight excluding hydrogens is 754 g/mol. The lowest BCUT2D eigenvalue weighted by Gasteiger charge is -2.38. The first kappa shape index (κ1) is 39.5. The van der Waals surface area contributed by atoms with Crippen molar-refractivity contribution in [1.82, 2.24) is 34.1 Å². The zero-order chi connectivity index (χ0) is 41.0. The van der Waals surface area contributed by atoms with Crippen molar-refractivity contribution in [2.45, 2.75) is 95.0 Å². The molecule has 2 aliphatic heterocycles. The molecule has 5 heterocycles. The number of nitrogens with one attached hydrogen (secondary N) is 2. The number of carbonyl (C=O) groups is 3. The zero-order valence-electron chi connectivity index (χ0n) is 32.6. The molecule has 0 radical (unpaired) electrons. The molecule has 3 aromatic heterocycles. The highest BCUT2D eigenvalue weighted by Gasteiger charge is 2.36. The Morgan fingerprint density at radius 1 is 1.03 bits per heavy atom. The minimum absolute atomic E-state index is 0.132. The summed E-state index contributed by atoms with van der Waals surface area (Å²) >= 11 is 0. The summed E-state index contributed by atoms with van der Waals surface area (Å²) in [6.45, 7) is 4.97. The normalized spacial score (nSPS) is 23.5. The molecule has 13 nitrogen and oxygen atoms in total. The number of hydrogen-bond donors (Lipinski definition) is 3. The van der Waals surface area contributed by atoms with Gasteiger partial charge >= 0.3 is 5.69 Å². The molecular formula is C42H47F3N8O5. The molecule has 58 heavy (non-hydrogen) atoms. The molecule has 2 aromatic carbocycles. The smallest absolute Gasteiger partial charge is 0.329 e. The van der Waals surface area contributed by atoms with Crippen molar-refractivity contribution >= 4 is 45.3 Å². The standard InChI is InChI=1S/C42H47F3N8O5/c1-42(2,58)28-19-32-24(18-33(28)47-39(55)31-8-5-7-30(46-31)38(44)45)21-52(49-32)25-12-10-23(11-13-25)20-51-17-16-26(29(43)22-51)27-6-4-9-34-37(27)50(3)41(57)53(34)35-14-15-36(54)48-40(35)56/h4-9,18-19,21,23,25-26,29,35,38,58H,10-17,20,22H2,1-3H3,(H,47,55)(H,48,54,56)/t23-,25-,26-,29+,35?/m1/s1. The number of imidazole rings is 1. The van der Waals surface area contributed by atoms with Crippen LogP contribution >= 0.6 is 0 Å². The van der Waals surface area contributed by atoms with Crippen molar-refractivity contribution in [3.05, 3.63) is 87.7 Å². The fourth-order valence-electron chi connectivity index (χ4n) is 9.21. The molecule has 3 atom stereocenters. The highest BCUT2D eigenvalue weighted by atomic mass is 19.3. The molecule has 5 aromatic rings. The molecule has 0 spiro atoms. The quantitative estimate of drug-likeness (QED) is 0.153. The molecule has 1 saturated carbocycles. The lowest BCUT2D eigenvalue weighted by Crippen LogP contribution is -2.44. The zero-order valence-corrected chi connectivity index (χ0v) is 32.6. The number of pyridine rings is 1. The number of fused-ring (bicyclic) bond motifs is 2. The molecule has 8 rings (SSSR count). The van der Waals surface area contributed by atoms with Gasteiger partial charge in [0.1, 0.15) is 23.6 Å². The first-order chi connectivity index (χ1) is 27.7. The average Bonchev–Trinajstić information content (AvgIpc) is 3.72. The summed E-state index contributed by atoms with van der Waals surface area (Å²) in [6.07, 6.45) is 2.55. The van der Waals surface area contributed by atoms with Gasteiger partial charge in [0.25, 0.3) is 12.3 Å². The Kier molecular flexibility index (Phi) is 10.5. The van der Waals surface area contributed by atoms with E-state index in [4.69, 9.17) is 5.10 Å². The maximum absolute atomic E-state index is 16.2. The van der Waals surface area contributed by atoms with Crippen LogP contribution in [0.1, 0.15) is 111 Å². The predicted molar refractivity (Wildman–Crippen MR) is 210 cm³/mol. The second kappa shape index (κ2) is 15.4. The molecule has 3 aliphatic rings. The van der Waals surface area contributed by atoms with E-state index in [2.05, 4.69) is 20.5 Å². The number of benzene rings is 2. The van der Waals surface area contributed by atoms with E-state index in [1.54, 1.807) is 45.2 Å². The van der Waals surface area contributed by atoms with Crippen LogP contribution in [0.25, 0.3) is 21.9 Å². The first-order valence-corrected chi connectivity index (χ1v) is 19.9. The first-order valence-electron chi connectivity index (χ1n) is 19.9. The van der Waals surface area contributed by atoms with Crippen LogP contribution in [0, 0.1) is 5.92 Å². The van der Waals surface area contributed by atoms with E-state index in [-0.39, 0.29) is 42.7 Å². The van der Waals surface area contributed by atoms with Gasteiger partial charge in [0.2, 0.25) is 11.8 Å². The SMILES string of the molecule is Cn1c(=O)n(C2CCC(=O)NC2=O)c2cccc([C@H]3CCN(C[C@H]4CC[C@H](n5cc6cc(NC(=O)c7cccc(C(F)F)n7)c(C(C)(C)O)cc6n5)CC4)C[C@@H]3F)c21. The summed E-state index contributed by atoms with van der Waals surface area (Å²) < 4.78 is 47.5. The van der Waals surface area contributed by atoms with E-state index in [9.17, 15) is 33.1 Å². The van der Waals surface area contributed by atoms with Crippen LogP contribution in [-0.2, 0) is 22.2 Å². The lowest BCUT2D eigenvalue weighted by atomic mass is 9.83. The second-order valence-corrected chi connectivity index (χ2v) is 16.6. The summed E-state index contributed by atoms with van der Waals surface area (Å²) in [6, 6.07) is 12.1. The predicted octanol–water partition coefficient (Wildman–Crippen LogP) is 6.04. The van der Waals surface area contributed by atoms with E-state index >= 15 is 4.39 Å². The van der Waals surface area contributed by atoms with E-state index in [1.807, 2.05) is 16.9 Å². The van der Waals surface area contributed by atoms with E-state index in [1.165, 1.54) is 21.3 Å². The minimum Gasteiger partial charge on any atom is -0.386 e. The lowest BCUT2D eigenvalue weighted by molar-refractivity contribution is -0.135. The van der Waals surface area contributed by atoms with Crippen molar-refractivity contribution in [1.29, 1.82) is 0 Å². The Hall–Kier alpha value is -5.35. The van der Waals surface area contributed by atoms with Crippen molar-refractivity contribution < 1.29 is 32.7 Å². The van der Waals surface area contributed by atoms with Crippen LogP contribution in [0.5, 0.6) is 0 Å². The third kappa shape index (κ3) is 7.54. The molecule has 3 N–H and O–H groups in total. The summed E-state index contributed by atoms with van der Waals surface area (Å²) in [4.78, 5) is 57.0. The fraction of sp³-hybridized carbons (Fsp3) is 0.476. The Morgan fingerprint density at radius 2 is 1.79 bits per heavy atom. The highest BCUT2D eigenvalue weighted by molar-refractivity contribution is 6.04. The number of hydrogen-bond acceptors (Lipinski definition) is 8. The third-order valence-corrected chi connectivity index (χ3v) is 12.2. The number of rotatable bonds is 9. The molecule has 1 aliphatic carbocycles. The van der Waals surface area contributed by atoms with Crippen molar-refractivity contribution in [2.75, 3.05) is 25.0 Å². The minimum atomic E-state index is -2.82. The van der Waals surface area contributed by atoms with Gasteiger partial charge in [-0.15, -0.1) is 0 Å². The number of nitrogens with zero attached hydrogens (tertiary/aromatic N) is 6. The van der Waals surface area contributed by atoms with Gasteiger partial charge in [-0.1, -0.05) is 18.2 Å². The summed E-state index contributed by atoms with van der Waals surface area (Å²) in [7, 11) is 1.65.